The van der Waals surface area contributed by atoms with E-state index in [2.05, 4.69) is 10.6 Å². The lowest BCUT2D eigenvalue weighted by Crippen LogP contribution is -2.40. The fraction of sp³-hybridized carbons (Fsp3) is 0.357. The van der Waals surface area contributed by atoms with Crippen molar-refractivity contribution in [3.63, 3.8) is 0 Å². The Hall–Kier alpha value is -2.45. The first-order valence-corrected chi connectivity index (χ1v) is 6.62. The summed E-state index contributed by atoms with van der Waals surface area (Å²) in [4.78, 5) is 33.5. The molecule has 8 nitrogen and oxygen atoms in total. The Labute approximate surface area is 128 Å². The zero-order chi connectivity index (χ0) is 16.2. The number of nitrogens with one attached hydrogen (secondary N) is 2. The molecule has 0 aliphatic heterocycles. The quantitative estimate of drug-likeness (QED) is 0.302. The predicted octanol–water partition coefficient (Wildman–Crippen LogP) is -1.10. The van der Waals surface area contributed by atoms with Gasteiger partial charge in [0.15, 0.2) is 0 Å². The van der Waals surface area contributed by atoms with Gasteiger partial charge in [-0.1, -0.05) is 30.3 Å². The van der Waals surface area contributed by atoms with Crippen LogP contribution in [0.15, 0.2) is 30.3 Å². The van der Waals surface area contributed by atoms with E-state index in [1.165, 1.54) is 0 Å². The summed E-state index contributed by atoms with van der Waals surface area (Å²) in [6, 6.07) is 9.23. The molecular formula is C14H19N3O5. The first-order valence-electron chi connectivity index (χ1n) is 6.62. The minimum atomic E-state index is -0.533. The lowest BCUT2D eigenvalue weighted by molar-refractivity contribution is -0.151. The zero-order valence-corrected chi connectivity index (χ0v) is 12.0. The number of ether oxygens (including phenoxy) is 2. The Morgan fingerprint density at radius 2 is 1.77 bits per heavy atom. The van der Waals surface area contributed by atoms with Gasteiger partial charge in [-0.25, -0.2) is 4.79 Å². The first kappa shape index (κ1) is 17.6. The van der Waals surface area contributed by atoms with Gasteiger partial charge in [-0.2, -0.15) is 0 Å². The summed E-state index contributed by atoms with van der Waals surface area (Å²) in [5.41, 5.74) is 5.94. The van der Waals surface area contributed by atoms with E-state index in [0.717, 1.165) is 5.56 Å². The SMILES string of the molecule is NCC(=O)NCC(=O)NCOCC(=O)OCc1ccccc1. The van der Waals surface area contributed by atoms with E-state index in [9.17, 15) is 14.4 Å². The number of amides is 2. The van der Waals surface area contributed by atoms with Gasteiger partial charge in [0.05, 0.1) is 13.1 Å². The van der Waals surface area contributed by atoms with Crippen molar-refractivity contribution in [3.05, 3.63) is 35.9 Å². The summed E-state index contributed by atoms with van der Waals surface area (Å²) in [6.07, 6.45) is 0. The molecule has 120 valence electrons. The van der Waals surface area contributed by atoms with E-state index in [1.54, 1.807) is 0 Å². The Balaban J connectivity index is 2.05. The molecule has 22 heavy (non-hydrogen) atoms. The Morgan fingerprint density at radius 1 is 1.05 bits per heavy atom. The second-order valence-corrected chi connectivity index (χ2v) is 4.22. The van der Waals surface area contributed by atoms with Crippen molar-refractivity contribution in [3.8, 4) is 0 Å². The topological polar surface area (TPSA) is 120 Å². The summed E-state index contributed by atoms with van der Waals surface area (Å²) in [5.74, 6) is -1.41. The average molecular weight is 309 g/mol. The molecule has 0 unspecified atom stereocenters. The van der Waals surface area contributed by atoms with Crippen LogP contribution in [-0.4, -0.2) is 44.2 Å². The van der Waals surface area contributed by atoms with Gasteiger partial charge in [0, 0.05) is 0 Å². The molecule has 2 amide bonds. The molecule has 0 fully saturated rings. The molecule has 0 atom stereocenters. The molecule has 0 aliphatic carbocycles. The fourth-order valence-electron chi connectivity index (χ4n) is 1.36. The van der Waals surface area contributed by atoms with Gasteiger partial charge in [0.25, 0.3) is 0 Å². The molecule has 0 spiro atoms. The molecule has 0 radical (unpaired) electrons. The molecule has 0 heterocycles. The Kier molecular flexibility index (Phi) is 8.24. The summed E-state index contributed by atoms with van der Waals surface area (Å²) >= 11 is 0. The van der Waals surface area contributed by atoms with Crippen LogP contribution in [0.2, 0.25) is 0 Å². The standard InChI is InChI=1S/C14H19N3O5/c15-6-12(18)16-7-13(19)17-10-21-9-14(20)22-8-11-4-2-1-3-5-11/h1-5H,6-10,15H2,(H,16,18)(H,17,19). The van der Waals surface area contributed by atoms with E-state index in [-0.39, 0.29) is 33.0 Å². The summed E-state index contributed by atoms with van der Waals surface area (Å²) in [6.45, 7) is -0.643. The molecule has 1 aromatic carbocycles. The van der Waals surface area contributed by atoms with Crippen LogP contribution in [0.1, 0.15) is 5.56 Å². The highest BCUT2D eigenvalue weighted by Gasteiger charge is 2.06. The van der Waals surface area contributed by atoms with Crippen molar-refractivity contribution in [1.29, 1.82) is 0 Å². The van der Waals surface area contributed by atoms with Gasteiger partial charge in [-0.05, 0) is 5.56 Å². The third-order valence-corrected chi connectivity index (χ3v) is 2.47. The molecule has 1 rings (SSSR count). The summed E-state index contributed by atoms with van der Waals surface area (Å²) < 4.78 is 9.92. The molecule has 0 aliphatic rings. The first-order chi connectivity index (χ1) is 10.6. The monoisotopic (exact) mass is 309 g/mol. The van der Waals surface area contributed by atoms with Gasteiger partial charge in [0.2, 0.25) is 11.8 Å². The lowest BCUT2D eigenvalue weighted by atomic mass is 10.2. The van der Waals surface area contributed by atoms with Crippen LogP contribution in [0, 0.1) is 0 Å². The van der Waals surface area contributed by atoms with E-state index in [1.807, 2.05) is 30.3 Å². The second kappa shape index (κ2) is 10.3. The third kappa shape index (κ3) is 7.98. The van der Waals surface area contributed by atoms with Crippen LogP contribution in [0.25, 0.3) is 0 Å². The number of esters is 1. The van der Waals surface area contributed by atoms with Crippen molar-refractivity contribution in [2.24, 2.45) is 5.73 Å². The van der Waals surface area contributed by atoms with Gasteiger partial charge in [0.1, 0.15) is 19.9 Å². The number of hydrogen-bond donors (Lipinski definition) is 3. The van der Waals surface area contributed by atoms with Crippen LogP contribution in [0.5, 0.6) is 0 Å². The maximum Gasteiger partial charge on any atom is 0.332 e. The van der Waals surface area contributed by atoms with Gasteiger partial charge in [-0.15, -0.1) is 0 Å². The molecular weight excluding hydrogens is 290 g/mol. The highest BCUT2D eigenvalue weighted by molar-refractivity contribution is 5.85. The third-order valence-electron chi connectivity index (χ3n) is 2.47. The van der Waals surface area contributed by atoms with Crippen molar-refractivity contribution >= 4 is 17.8 Å². The predicted molar refractivity (Wildman–Crippen MR) is 77.3 cm³/mol. The van der Waals surface area contributed by atoms with Crippen molar-refractivity contribution in [2.45, 2.75) is 6.61 Å². The van der Waals surface area contributed by atoms with Crippen LogP contribution in [-0.2, 0) is 30.5 Å². The van der Waals surface area contributed by atoms with E-state index < -0.39 is 17.8 Å². The molecule has 0 saturated heterocycles. The largest absolute Gasteiger partial charge is 0.459 e. The van der Waals surface area contributed by atoms with Gasteiger partial charge >= 0.3 is 5.97 Å². The summed E-state index contributed by atoms with van der Waals surface area (Å²) in [5, 5.41) is 4.66. The molecule has 0 saturated carbocycles. The fourth-order valence-corrected chi connectivity index (χ4v) is 1.36. The number of carbonyl (C=O) groups is 3. The number of benzene rings is 1. The Bertz CT molecular complexity index is 493. The van der Waals surface area contributed by atoms with Gasteiger partial charge in [-0.3, -0.25) is 9.59 Å². The highest BCUT2D eigenvalue weighted by atomic mass is 16.6. The maximum absolute atomic E-state index is 11.4. The molecule has 4 N–H and O–H groups in total. The molecule has 0 bridgehead atoms. The number of hydrogen-bond acceptors (Lipinski definition) is 6. The van der Waals surface area contributed by atoms with E-state index in [4.69, 9.17) is 15.2 Å². The minimum Gasteiger partial charge on any atom is -0.459 e. The highest BCUT2D eigenvalue weighted by Crippen LogP contribution is 2.00. The Morgan fingerprint density at radius 3 is 2.45 bits per heavy atom. The minimum absolute atomic E-state index is 0.155. The number of nitrogens with two attached hydrogens (primary N) is 1. The van der Waals surface area contributed by atoms with E-state index in [0.29, 0.717) is 0 Å². The smallest absolute Gasteiger partial charge is 0.332 e. The van der Waals surface area contributed by atoms with Crippen molar-refractivity contribution in [1.82, 2.24) is 10.6 Å². The van der Waals surface area contributed by atoms with Crippen LogP contribution >= 0.6 is 0 Å². The van der Waals surface area contributed by atoms with E-state index >= 15 is 0 Å². The molecule has 8 heteroatoms. The summed E-state index contributed by atoms with van der Waals surface area (Å²) in [7, 11) is 0. The average Bonchev–Trinajstić information content (AvgIpc) is 2.55. The van der Waals surface area contributed by atoms with Crippen molar-refractivity contribution < 1.29 is 23.9 Å². The second-order valence-electron chi connectivity index (χ2n) is 4.22. The van der Waals surface area contributed by atoms with Gasteiger partial charge < -0.3 is 25.8 Å². The van der Waals surface area contributed by atoms with Crippen molar-refractivity contribution in [2.75, 3.05) is 26.4 Å². The molecule has 0 aromatic heterocycles. The van der Waals surface area contributed by atoms with Crippen LogP contribution in [0.3, 0.4) is 0 Å². The van der Waals surface area contributed by atoms with Crippen LogP contribution in [0.4, 0.5) is 0 Å². The molecule has 1 aromatic rings. The zero-order valence-electron chi connectivity index (χ0n) is 12.0. The number of carbonyl (C=O) groups excluding carboxylic acids is 3. The normalized spacial score (nSPS) is 9.86. The maximum atomic E-state index is 11.4. The number of rotatable bonds is 9. The lowest BCUT2D eigenvalue weighted by Gasteiger charge is -2.08. The van der Waals surface area contributed by atoms with Crippen LogP contribution < -0.4 is 16.4 Å².